The Bertz CT molecular complexity index is 432. The summed E-state index contributed by atoms with van der Waals surface area (Å²) < 4.78 is 1.77. The van der Waals surface area contributed by atoms with Gasteiger partial charge >= 0.3 is 12.0 Å². The molecule has 0 saturated heterocycles. The standard InChI is InChI=1S/C11H19N5O3/c1-3-6-16(7-10(17)18)11(19)12-5-4-9-14-13-8-15(9)2/h8H,3-7H2,1-2H3,(H,12,19)(H,17,18). The number of aliphatic carboxylic acids is 1. The number of urea groups is 1. The molecule has 1 heterocycles. The predicted molar refractivity (Wildman–Crippen MR) is 67.6 cm³/mol. The van der Waals surface area contributed by atoms with Crippen molar-refractivity contribution in [2.24, 2.45) is 7.05 Å². The number of carboxylic acid groups (broad SMARTS) is 1. The lowest BCUT2D eigenvalue weighted by molar-refractivity contribution is -0.137. The van der Waals surface area contributed by atoms with Crippen LogP contribution in [0, 0.1) is 0 Å². The van der Waals surface area contributed by atoms with E-state index in [4.69, 9.17) is 5.11 Å². The summed E-state index contributed by atoms with van der Waals surface area (Å²) in [6.45, 7) is 2.42. The number of aromatic nitrogens is 3. The number of rotatable bonds is 7. The fraction of sp³-hybridized carbons (Fsp3) is 0.636. The first-order valence-electron chi connectivity index (χ1n) is 6.12. The summed E-state index contributed by atoms with van der Waals surface area (Å²) in [4.78, 5) is 23.7. The molecule has 0 bridgehead atoms. The Morgan fingerprint density at radius 2 is 2.26 bits per heavy atom. The van der Waals surface area contributed by atoms with E-state index in [1.165, 1.54) is 4.90 Å². The van der Waals surface area contributed by atoms with Crippen LogP contribution >= 0.6 is 0 Å². The van der Waals surface area contributed by atoms with E-state index < -0.39 is 5.97 Å². The Morgan fingerprint density at radius 3 is 2.79 bits per heavy atom. The highest BCUT2D eigenvalue weighted by molar-refractivity contribution is 5.80. The zero-order valence-electron chi connectivity index (χ0n) is 11.2. The van der Waals surface area contributed by atoms with E-state index in [1.807, 2.05) is 14.0 Å². The zero-order valence-corrected chi connectivity index (χ0v) is 11.2. The largest absolute Gasteiger partial charge is 0.480 e. The van der Waals surface area contributed by atoms with Crippen molar-refractivity contribution >= 4 is 12.0 Å². The van der Waals surface area contributed by atoms with Crippen molar-refractivity contribution in [3.05, 3.63) is 12.2 Å². The van der Waals surface area contributed by atoms with Crippen molar-refractivity contribution in [2.45, 2.75) is 19.8 Å². The Morgan fingerprint density at radius 1 is 1.53 bits per heavy atom. The molecule has 8 heteroatoms. The van der Waals surface area contributed by atoms with Crippen LogP contribution in [-0.2, 0) is 18.3 Å². The number of amides is 2. The first-order chi connectivity index (χ1) is 9.04. The summed E-state index contributed by atoms with van der Waals surface area (Å²) >= 11 is 0. The molecule has 0 spiro atoms. The van der Waals surface area contributed by atoms with Gasteiger partial charge in [-0.15, -0.1) is 10.2 Å². The molecule has 0 aliphatic carbocycles. The summed E-state index contributed by atoms with van der Waals surface area (Å²) in [5.74, 6) is -0.252. The number of nitrogens with one attached hydrogen (secondary N) is 1. The third kappa shape index (κ3) is 4.94. The summed E-state index contributed by atoms with van der Waals surface area (Å²) in [7, 11) is 1.82. The molecule has 0 radical (unpaired) electrons. The van der Waals surface area contributed by atoms with Gasteiger partial charge in [-0.05, 0) is 6.42 Å². The van der Waals surface area contributed by atoms with Crippen LogP contribution in [0.2, 0.25) is 0 Å². The van der Waals surface area contributed by atoms with Crippen LogP contribution < -0.4 is 5.32 Å². The van der Waals surface area contributed by atoms with E-state index in [-0.39, 0.29) is 12.6 Å². The van der Waals surface area contributed by atoms with E-state index in [9.17, 15) is 9.59 Å². The molecule has 0 atom stereocenters. The van der Waals surface area contributed by atoms with E-state index in [1.54, 1.807) is 10.9 Å². The summed E-state index contributed by atoms with van der Waals surface area (Å²) in [6.07, 6.45) is 2.85. The second-order valence-corrected chi connectivity index (χ2v) is 4.16. The smallest absolute Gasteiger partial charge is 0.323 e. The van der Waals surface area contributed by atoms with Crippen LogP contribution in [-0.4, -0.2) is 56.4 Å². The molecular formula is C11H19N5O3. The fourth-order valence-corrected chi connectivity index (χ4v) is 1.61. The van der Waals surface area contributed by atoms with Gasteiger partial charge in [0.1, 0.15) is 18.7 Å². The van der Waals surface area contributed by atoms with E-state index >= 15 is 0 Å². The van der Waals surface area contributed by atoms with E-state index in [0.29, 0.717) is 25.9 Å². The molecule has 0 aliphatic heterocycles. The van der Waals surface area contributed by atoms with Crippen LogP contribution in [0.1, 0.15) is 19.2 Å². The van der Waals surface area contributed by atoms with Crippen LogP contribution in [0.3, 0.4) is 0 Å². The van der Waals surface area contributed by atoms with Gasteiger partial charge in [0.2, 0.25) is 0 Å². The average molecular weight is 269 g/mol. The van der Waals surface area contributed by atoms with Crippen molar-refractivity contribution in [3.63, 3.8) is 0 Å². The normalized spacial score (nSPS) is 10.2. The van der Waals surface area contributed by atoms with Gasteiger partial charge in [0.05, 0.1) is 0 Å². The molecule has 0 fully saturated rings. The number of hydrogen-bond acceptors (Lipinski definition) is 4. The average Bonchev–Trinajstić information content (AvgIpc) is 2.74. The summed E-state index contributed by atoms with van der Waals surface area (Å²) in [6, 6.07) is -0.369. The molecule has 0 saturated carbocycles. The second kappa shape index (κ2) is 7.34. The Kier molecular flexibility index (Phi) is 5.77. The number of carbonyl (C=O) groups is 2. The lowest BCUT2D eigenvalue weighted by Crippen LogP contribution is -2.43. The van der Waals surface area contributed by atoms with Crippen molar-refractivity contribution in [2.75, 3.05) is 19.6 Å². The number of carboxylic acids is 1. The van der Waals surface area contributed by atoms with Crippen LogP contribution in [0.25, 0.3) is 0 Å². The summed E-state index contributed by atoms with van der Waals surface area (Å²) in [5, 5.41) is 19.0. The third-order valence-corrected chi connectivity index (χ3v) is 2.54. The molecular weight excluding hydrogens is 250 g/mol. The highest BCUT2D eigenvalue weighted by Gasteiger charge is 2.15. The minimum absolute atomic E-state index is 0.288. The highest BCUT2D eigenvalue weighted by atomic mass is 16.4. The quantitative estimate of drug-likeness (QED) is 0.717. The van der Waals surface area contributed by atoms with E-state index in [0.717, 1.165) is 5.82 Å². The van der Waals surface area contributed by atoms with Crippen LogP contribution in [0.4, 0.5) is 4.79 Å². The molecule has 8 nitrogen and oxygen atoms in total. The van der Waals surface area contributed by atoms with Crippen molar-refractivity contribution < 1.29 is 14.7 Å². The fourth-order valence-electron chi connectivity index (χ4n) is 1.61. The Labute approximate surface area is 111 Å². The molecule has 0 aliphatic rings. The third-order valence-electron chi connectivity index (χ3n) is 2.54. The SMILES string of the molecule is CCCN(CC(=O)O)C(=O)NCCc1nncn1C. The number of aryl methyl sites for hydroxylation is 1. The lowest BCUT2D eigenvalue weighted by Gasteiger charge is -2.20. The maximum atomic E-state index is 11.8. The van der Waals surface area contributed by atoms with Crippen LogP contribution in [0.5, 0.6) is 0 Å². The van der Waals surface area contributed by atoms with Gasteiger partial charge in [0.25, 0.3) is 0 Å². The highest BCUT2D eigenvalue weighted by Crippen LogP contribution is 1.95. The van der Waals surface area contributed by atoms with Gasteiger partial charge in [-0.2, -0.15) is 0 Å². The maximum absolute atomic E-state index is 11.8. The number of nitrogens with zero attached hydrogens (tertiary/aromatic N) is 4. The van der Waals surface area contributed by atoms with Crippen molar-refractivity contribution in [3.8, 4) is 0 Å². The molecule has 1 aromatic rings. The van der Waals surface area contributed by atoms with Crippen LogP contribution in [0.15, 0.2) is 6.33 Å². The molecule has 2 amide bonds. The Balaban J connectivity index is 2.39. The molecule has 1 aromatic heterocycles. The number of hydrogen-bond donors (Lipinski definition) is 2. The summed E-state index contributed by atoms with van der Waals surface area (Å²) in [5.41, 5.74) is 0. The van der Waals surface area contributed by atoms with Crippen molar-refractivity contribution in [1.29, 1.82) is 0 Å². The van der Waals surface area contributed by atoms with Gasteiger partial charge in [-0.1, -0.05) is 6.92 Å². The minimum Gasteiger partial charge on any atom is -0.480 e. The van der Waals surface area contributed by atoms with Gasteiger partial charge in [-0.25, -0.2) is 4.79 Å². The van der Waals surface area contributed by atoms with E-state index in [2.05, 4.69) is 15.5 Å². The second-order valence-electron chi connectivity index (χ2n) is 4.16. The zero-order chi connectivity index (χ0) is 14.3. The first-order valence-corrected chi connectivity index (χ1v) is 6.12. The van der Waals surface area contributed by atoms with Gasteiger partial charge in [0.15, 0.2) is 0 Å². The van der Waals surface area contributed by atoms with Gasteiger partial charge < -0.3 is 19.9 Å². The molecule has 106 valence electrons. The maximum Gasteiger partial charge on any atom is 0.323 e. The molecule has 19 heavy (non-hydrogen) atoms. The van der Waals surface area contributed by atoms with Gasteiger partial charge in [0, 0.05) is 26.6 Å². The molecule has 2 N–H and O–H groups in total. The molecule has 0 aromatic carbocycles. The van der Waals surface area contributed by atoms with Gasteiger partial charge in [-0.3, -0.25) is 4.79 Å². The molecule has 0 unspecified atom stereocenters. The Hall–Kier alpha value is -2.12. The van der Waals surface area contributed by atoms with Crippen molar-refractivity contribution in [1.82, 2.24) is 25.0 Å². The molecule has 1 rings (SSSR count). The first kappa shape index (κ1) is 14.9. The predicted octanol–water partition coefficient (Wildman–Crippen LogP) is -0.136. The minimum atomic E-state index is -1.02. The lowest BCUT2D eigenvalue weighted by atomic mass is 10.4. The monoisotopic (exact) mass is 269 g/mol. The number of carbonyl (C=O) groups excluding carboxylic acids is 1. The topological polar surface area (TPSA) is 100 Å².